The molecule has 1 N–H and O–H groups in total. The van der Waals surface area contributed by atoms with Crippen molar-refractivity contribution in [2.45, 2.75) is 4.90 Å². The fourth-order valence-electron chi connectivity index (χ4n) is 5.29. The van der Waals surface area contributed by atoms with Crippen LogP contribution in [0.4, 0.5) is 0 Å². The van der Waals surface area contributed by atoms with Gasteiger partial charge >= 0.3 is 5.97 Å². The highest BCUT2D eigenvalue weighted by Crippen LogP contribution is 2.45. The van der Waals surface area contributed by atoms with E-state index >= 15 is 0 Å². The number of esters is 1. The Morgan fingerprint density at radius 1 is 0.600 bits per heavy atom. The van der Waals surface area contributed by atoms with Gasteiger partial charge in [0.25, 0.3) is 10.1 Å². The molecule has 0 aliphatic carbocycles. The third-order valence-corrected chi connectivity index (χ3v) is 7.97. The number of carbonyl (C=O) groups excluding carboxylic acids is 1. The maximum Gasteiger partial charge on any atom is 0.344 e. The highest BCUT2D eigenvalue weighted by molar-refractivity contribution is 7.85. The standard InChI is InChI=1S/C31H16O8S/c32-31(39-17-1-6-21(7-2-17)40(33,34)35)30-25(23-14-19-4-9-28(23)37-19)11-16(22-13-18-3-8-27(22)36-18)12-26(30)24-15-20-5-10-29(24)38-20/h1-15H,(H,33,34,35). The second kappa shape index (κ2) is 7.95. The number of hydrogen-bond donors (Lipinski definition) is 1. The lowest BCUT2D eigenvalue weighted by Crippen LogP contribution is -2.12. The Morgan fingerprint density at radius 2 is 1.07 bits per heavy atom. The van der Waals surface area contributed by atoms with Crippen LogP contribution in [0, 0.1) is 0 Å². The number of benzene rings is 5. The first-order valence-electron chi connectivity index (χ1n) is 12.2. The Morgan fingerprint density at radius 3 is 1.48 bits per heavy atom. The van der Waals surface area contributed by atoms with E-state index in [2.05, 4.69) is 0 Å². The van der Waals surface area contributed by atoms with Crippen LogP contribution in [0.1, 0.15) is 10.4 Å². The van der Waals surface area contributed by atoms with Crippen molar-refractivity contribution in [3.63, 3.8) is 0 Å². The minimum atomic E-state index is -4.39. The summed E-state index contributed by atoms with van der Waals surface area (Å²) in [6, 6.07) is 25.7. The molecule has 0 spiro atoms. The molecule has 9 heteroatoms. The van der Waals surface area contributed by atoms with Gasteiger partial charge < -0.3 is 18.0 Å². The molecule has 0 saturated carbocycles. The first-order chi connectivity index (χ1) is 19.3. The van der Waals surface area contributed by atoms with Gasteiger partial charge in [0, 0.05) is 27.8 Å². The molecule has 0 unspecified atom stereocenters. The zero-order valence-electron chi connectivity index (χ0n) is 20.4. The summed E-state index contributed by atoms with van der Waals surface area (Å²) >= 11 is 0. The lowest BCUT2D eigenvalue weighted by Gasteiger charge is -2.16. The SMILES string of the molecule is O=C(Oc1ccc(S(=O)(=O)O)cc1)c1c(-c2cc3ccc2o3)cc(-c2cc3ccc2o3)cc1-c1cc2ccc1o2. The fraction of sp³-hybridized carbons (Fsp3) is 0. The minimum Gasteiger partial charge on any atom is -0.457 e. The van der Waals surface area contributed by atoms with Gasteiger partial charge in [-0.2, -0.15) is 8.42 Å². The molecule has 8 nitrogen and oxygen atoms in total. The van der Waals surface area contributed by atoms with Gasteiger partial charge in [0.15, 0.2) is 0 Å². The van der Waals surface area contributed by atoms with Crippen LogP contribution in [0.15, 0.2) is 109 Å². The molecule has 6 aromatic heterocycles. The molecule has 0 atom stereocenters. The van der Waals surface area contributed by atoms with E-state index in [1.807, 2.05) is 66.7 Å². The minimum absolute atomic E-state index is 0.111. The van der Waals surface area contributed by atoms with E-state index in [4.69, 9.17) is 18.0 Å². The fourth-order valence-corrected chi connectivity index (χ4v) is 5.77. The van der Waals surface area contributed by atoms with Gasteiger partial charge in [-0.05, 0) is 96.6 Å². The first-order valence-corrected chi connectivity index (χ1v) is 13.7. The summed E-state index contributed by atoms with van der Waals surface area (Å²) in [5, 5.41) is 0. The van der Waals surface area contributed by atoms with Crippen molar-refractivity contribution in [1.82, 2.24) is 0 Å². The maximum atomic E-state index is 14.0. The molecule has 6 bridgehead atoms. The summed E-state index contributed by atoms with van der Waals surface area (Å²) in [5.41, 5.74) is 8.69. The van der Waals surface area contributed by atoms with Crippen LogP contribution < -0.4 is 4.74 Å². The molecule has 8 rings (SSSR count). The van der Waals surface area contributed by atoms with Crippen molar-refractivity contribution in [3.8, 4) is 39.1 Å². The average molecular weight is 549 g/mol. The van der Waals surface area contributed by atoms with Crippen LogP contribution in [0.2, 0.25) is 0 Å². The zero-order valence-corrected chi connectivity index (χ0v) is 21.2. The van der Waals surface area contributed by atoms with Crippen LogP contribution in [0.5, 0.6) is 5.75 Å². The molecule has 0 radical (unpaired) electrons. The van der Waals surface area contributed by atoms with Gasteiger partial charge in [0.05, 0.1) is 10.5 Å². The highest BCUT2D eigenvalue weighted by atomic mass is 32.2. The predicted molar refractivity (Wildman–Crippen MR) is 147 cm³/mol. The van der Waals surface area contributed by atoms with E-state index in [0.717, 1.165) is 33.4 Å². The summed E-state index contributed by atoms with van der Waals surface area (Å²) in [7, 11) is -4.39. The predicted octanol–water partition coefficient (Wildman–Crippen LogP) is 7.71. The molecule has 2 aromatic carbocycles. The van der Waals surface area contributed by atoms with Crippen molar-refractivity contribution in [3.05, 3.63) is 96.6 Å². The Bertz CT molecular complexity index is 2200. The van der Waals surface area contributed by atoms with E-state index in [1.165, 1.54) is 24.3 Å². The molecule has 194 valence electrons. The summed E-state index contributed by atoms with van der Waals surface area (Å²) in [6.07, 6.45) is 0. The molecular weight excluding hydrogens is 532 g/mol. The smallest absolute Gasteiger partial charge is 0.344 e. The number of ether oxygens (including phenoxy) is 1. The molecule has 0 amide bonds. The summed E-state index contributed by atoms with van der Waals surface area (Å²) in [6.45, 7) is 0. The summed E-state index contributed by atoms with van der Waals surface area (Å²) < 4.78 is 55.5. The van der Waals surface area contributed by atoms with Crippen molar-refractivity contribution in [1.29, 1.82) is 0 Å². The van der Waals surface area contributed by atoms with Gasteiger partial charge in [0.2, 0.25) is 0 Å². The molecule has 8 aromatic rings. The number of rotatable bonds is 6. The van der Waals surface area contributed by atoms with Crippen LogP contribution in [-0.4, -0.2) is 18.9 Å². The number of fused-ring (bicyclic) bond motifs is 6. The van der Waals surface area contributed by atoms with E-state index in [1.54, 1.807) is 0 Å². The highest BCUT2D eigenvalue weighted by Gasteiger charge is 2.28. The third-order valence-electron chi connectivity index (χ3n) is 7.10. The van der Waals surface area contributed by atoms with Crippen molar-refractivity contribution >= 4 is 49.6 Å². The lowest BCUT2D eigenvalue weighted by molar-refractivity contribution is 0.0736. The number of furan rings is 6. The van der Waals surface area contributed by atoms with Crippen LogP contribution in [-0.2, 0) is 10.1 Å². The lowest BCUT2D eigenvalue weighted by atomic mass is 9.87. The molecule has 0 saturated heterocycles. The Hall–Kier alpha value is -5.12. The molecule has 0 aliphatic heterocycles. The van der Waals surface area contributed by atoms with Crippen molar-refractivity contribution in [2.75, 3.05) is 0 Å². The van der Waals surface area contributed by atoms with E-state index in [-0.39, 0.29) is 16.2 Å². The van der Waals surface area contributed by atoms with Gasteiger partial charge in [0.1, 0.15) is 39.2 Å². The second-order valence-electron chi connectivity index (χ2n) is 9.56. The topological polar surface area (TPSA) is 120 Å². The molecule has 0 aliphatic rings. The van der Waals surface area contributed by atoms with E-state index in [9.17, 15) is 17.8 Å². The van der Waals surface area contributed by atoms with Gasteiger partial charge in [-0.25, -0.2) is 4.79 Å². The molecule has 6 heterocycles. The average Bonchev–Trinajstić information content (AvgIpc) is 3.80. The van der Waals surface area contributed by atoms with Crippen molar-refractivity contribution in [2.24, 2.45) is 0 Å². The van der Waals surface area contributed by atoms with Crippen LogP contribution >= 0.6 is 0 Å². The maximum absolute atomic E-state index is 14.0. The Kier molecular flexibility index (Phi) is 4.54. The number of hydrogen-bond acceptors (Lipinski definition) is 7. The molecular formula is C31H16O8S. The number of carbonyl (C=O) groups is 1. The Labute approximate surface area is 225 Å². The van der Waals surface area contributed by atoms with Gasteiger partial charge in [-0.15, -0.1) is 0 Å². The summed E-state index contributed by atoms with van der Waals surface area (Å²) in [5.74, 6) is -0.548. The van der Waals surface area contributed by atoms with E-state index < -0.39 is 16.1 Å². The second-order valence-corrected chi connectivity index (χ2v) is 11.0. The molecule has 40 heavy (non-hydrogen) atoms. The van der Waals surface area contributed by atoms with E-state index in [0.29, 0.717) is 33.5 Å². The monoisotopic (exact) mass is 548 g/mol. The molecule has 0 fully saturated rings. The normalized spacial score (nSPS) is 12.4. The quantitative estimate of drug-likeness (QED) is 0.127. The van der Waals surface area contributed by atoms with Gasteiger partial charge in [-0.3, -0.25) is 4.55 Å². The largest absolute Gasteiger partial charge is 0.457 e. The zero-order chi connectivity index (χ0) is 27.2. The Balaban J connectivity index is 1.35. The van der Waals surface area contributed by atoms with Crippen LogP contribution in [0.3, 0.4) is 0 Å². The van der Waals surface area contributed by atoms with Crippen LogP contribution in [0.25, 0.3) is 66.9 Å². The van der Waals surface area contributed by atoms with Crippen molar-refractivity contribution < 1.29 is 35.8 Å². The third kappa shape index (κ3) is 3.49. The summed E-state index contributed by atoms with van der Waals surface area (Å²) in [4.78, 5) is 13.7. The first kappa shape index (κ1) is 22.8. The van der Waals surface area contributed by atoms with Gasteiger partial charge in [-0.1, -0.05) is 0 Å².